The van der Waals surface area contributed by atoms with Crippen molar-refractivity contribution < 1.29 is 19.1 Å². The smallest absolute Gasteiger partial charge is 0.313 e. The van der Waals surface area contributed by atoms with E-state index in [9.17, 15) is 19.1 Å². The summed E-state index contributed by atoms with van der Waals surface area (Å²) >= 11 is 0. The van der Waals surface area contributed by atoms with Crippen LogP contribution in [0.3, 0.4) is 0 Å². The molecule has 0 atom stereocenters. The van der Waals surface area contributed by atoms with Gasteiger partial charge in [-0.1, -0.05) is 12.1 Å². The molecule has 1 heterocycles. The van der Waals surface area contributed by atoms with Gasteiger partial charge in [-0.25, -0.2) is 9.37 Å². The third-order valence-corrected chi connectivity index (χ3v) is 4.13. The van der Waals surface area contributed by atoms with Crippen LogP contribution >= 0.6 is 0 Å². The number of nitrogens with zero attached hydrogens (tertiary/aromatic N) is 1. The molecule has 0 spiro atoms. The molecule has 0 radical (unpaired) electrons. The molecule has 0 bridgehead atoms. The van der Waals surface area contributed by atoms with Crippen LogP contribution in [0.25, 0.3) is 11.0 Å². The molecule has 1 amide bonds. The van der Waals surface area contributed by atoms with Crippen LogP contribution in [0.1, 0.15) is 29.8 Å². The number of hydrogen-bond donors (Lipinski definition) is 3. The fourth-order valence-corrected chi connectivity index (χ4v) is 2.48. The summed E-state index contributed by atoms with van der Waals surface area (Å²) in [6, 6.07) is 8.89. The van der Waals surface area contributed by atoms with Crippen LogP contribution in [0, 0.1) is 5.82 Å². The maximum absolute atomic E-state index is 13.7. The van der Waals surface area contributed by atoms with E-state index in [-0.39, 0.29) is 5.56 Å². The van der Waals surface area contributed by atoms with Crippen LogP contribution in [0.4, 0.5) is 10.1 Å². The highest BCUT2D eigenvalue weighted by atomic mass is 19.1. The topological polar surface area (TPSA) is 95.1 Å². The van der Waals surface area contributed by atoms with E-state index in [2.05, 4.69) is 15.3 Å². The summed E-state index contributed by atoms with van der Waals surface area (Å²) < 4.78 is 13.7. The van der Waals surface area contributed by atoms with Crippen LogP contribution in [0.15, 0.2) is 42.7 Å². The van der Waals surface area contributed by atoms with Gasteiger partial charge in [0.25, 0.3) is 5.91 Å². The van der Waals surface area contributed by atoms with Crippen molar-refractivity contribution >= 4 is 28.6 Å². The lowest BCUT2D eigenvalue weighted by Crippen LogP contribution is -2.28. The summed E-state index contributed by atoms with van der Waals surface area (Å²) in [5.41, 5.74) is 0.977. The lowest BCUT2D eigenvalue weighted by Gasteiger charge is -2.19. The first kappa shape index (κ1) is 16.6. The summed E-state index contributed by atoms with van der Waals surface area (Å²) in [7, 11) is 0. The quantitative estimate of drug-likeness (QED) is 0.678. The van der Waals surface area contributed by atoms with E-state index in [4.69, 9.17) is 0 Å². The molecule has 7 heteroatoms. The Balaban J connectivity index is 1.86. The van der Waals surface area contributed by atoms with Crippen molar-refractivity contribution in [3.63, 3.8) is 0 Å². The maximum Gasteiger partial charge on any atom is 0.313 e. The summed E-state index contributed by atoms with van der Waals surface area (Å²) in [5, 5.41) is 11.9. The van der Waals surface area contributed by atoms with Gasteiger partial charge >= 0.3 is 5.97 Å². The SMILES string of the molecule is CC(C)(C(=O)O)c1ccc(NC(=O)c2cc(F)cc3[nH]cnc23)cc1. The van der Waals surface area contributed by atoms with Crippen molar-refractivity contribution in [2.75, 3.05) is 5.32 Å². The Kier molecular flexibility index (Phi) is 4.00. The second-order valence-electron chi connectivity index (χ2n) is 6.21. The van der Waals surface area contributed by atoms with Gasteiger partial charge in [-0.3, -0.25) is 9.59 Å². The first-order valence-electron chi connectivity index (χ1n) is 7.57. The number of rotatable bonds is 4. The average Bonchev–Trinajstić information content (AvgIpc) is 3.02. The first-order chi connectivity index (χ1) is 11.8. The molecule has 3 rings (SSSR count). The monoisotopic (exact) mass is 341 g/mol. The van der Waals surface area contributed by atoms with Gasteiger partial charge < -0.3 is 15.4 Å². The zero-order valence-corrected chi connectivity index (χ0v) is 13.6. The number of aromatic nitrogens is 2. The highest BCUT2D eigenvalue weighted by Crippen LogP contribution is 2.25. The standard InChI is InChI=1S/C18H16FN3O3/c1-18(2,17(24)25)10-3-5-12(6-4-10)22-16(23)13-7-11(19)8-14-15(13)21-9-20-14/h3-9H,1-2H3,(H,20,21)(H,22,23)(H,24,25). The fraction of sp³-hybridized carbons (Fsp3) is 0.167. The Morgan fingerprint density at radius 3 is 2.52 bits per heavy atom. The van der Waals surface area contributed by atoms with Gasteiger partial charge in [-0.15, -0.1) is 0 Å². The predicted octanol–water partition coefficient (Wildman–Crippen LogP) is 3.32. The number of anilines is 1. The third kappa shape index (κ3) is 3.08. The zero-order valence-electron chi connectivity index (χ0n) is 13.6. The van der Waals surface area contributed by atoms with E-state index < -0.39 is 23.1 Å². The molecule has 3 aromatic rings. The minimum Gasteiger partial charge on any atom is -0.481 e. The van der Waals surface area contributed by atoms with Gasteiger partial charge in [0.1, 0.15) is 11.3 Å². The molecule has 25 heavy (non-hydrogen) atoms. The van der Waals surface area contributed by atoms with Crippen molar-refractivity contribution in [2.24, 2.45) is 0 Å². The van der Waals surface area contributed by atoms with E-state index in [1.807, 2.05) is 0 Å². The average molecular weight is 341 g/mol. The number of carboxylic acid groups (broad SMARTS) is 1. The Hall–Kier alpha value is -3.22. The predicted molar refractivity (Wildman–Crippen MR) is 91.1 cm³/mol. The zero-order chi connectivity index (χ0) is 18.2. The first-order valence-corrected chi connectivity index (χ1v) is 7.57. The Morgan fingerprint density at radius 1 is 1.20 bits per heavy atom. The lowest BCUT2D eigenvalue weighted by atomic mass is 9.85. The van der Waals surface area contributed by atoms with E-state index in [0.29, 0.717) is 22.3 Å². The van der Waals surface area contributed by atoms with Gasteiger partial charge in [0.2, 0.25) is 0 Å². The van der Waals surface area contributed by atoms with Gasteiger partial charge in [-0.2, -0.15) is 0 Å². The number of carbonyl (C=O) groups excluding carboxylic acids is 1. The van der Waals surface area contributed by atoms with E-state index in [0.717, 1.165) is 6.07 Å². The summed E-state index contributed by atoms with van der Waals surface area (Å²) in [6.45, 7) is 3.20. The molecular formula is C18H16FN3O3. The van der Waals surface area contributed by atoms with Gasteiger partial charge in [0.15, 0.2) is 0 Å². The van der Waals surface area contributed by atoms with Crippen LogP contribution in [-0.4, -0.2) is 27.0 Å². The molecule has 0 fully saturated rings. The summed E-state index contributed by atoms with van der Waals surface area (Å²) in [4.78, 5) is 30.5. The van der Waals surface area contributed by atoms with Crippen molar-refractivity contribution in [3.8, 4) is 0 Å². The molecule has 2 aromatic carbocycles. The second kappa shape index (κ2) is 6.01. The van der Waals surface area contributed by atoms with Crippen LogP contribution in [0.2, 0.25) is 0 Å². The minimum absolute atomic E-state index is 0.117. The molecule has 128 valence electrons. The fourth-order valence-electron chi connectivity index (χ4n) is 2.48. The van der Waals surface area contributed by atoms with Crippen LogP contribution in [0.5, 0.6) is 0 Å². The number of fused-ring (bicyclic) bond motifs is 1. The normalized spacial score (nSPS) is 11.5. The van der Waals surface area contributed by atoms with Crippen LogP contribution in [-0.2, 0) is 10.2 Å². The van der Waals surface area contributed by atoms with Crippen molar-refractivity contribution in [3.05, 3.63) is 59.7 Å². The van der Waals surface area contributed by atoms with E-state index in [1.165, 1.54) is 12.4 Å². The molecule has 0 saturated heterocycles. The van der Waals surface area contributed by atoms with E-state index >= 15 is 0 Å². The van der Waals surface area contributed by atoms with Crippen molar-refractivity contribution in [1.29, 1.82) is 0 Å². The Bertz CT molecular complexity index is 961. The molecule has 3 N–H and O–H groups in total. The summed E-state index contributed by atoms with van der Waals surface area (Å²) in [5.74, 6) is -1.98. The number of hydrogen-bond acceptors (Lipinski definition) is 3. The number of benzene rings is 2. The Labute approximate surface area is 142 Å². The highest BCUT2D eigenvalue weighted by molar-refractivity contribution is 6.11. The number of nitrogens with one attached hydrogen (secondary N) is 2. The van der Waals surface area contributed by atoms with Crippen molar-refractivity contribution in [1.82, 2.24) is 9.97 Å². The molecule has 0 saturated carbocycles. The number of imidazole rings is 1. The number of carbonyl (C=O) groups is 2. The summed E-state index contributed by atoms with van der Waals surface area (Å²) in [6.07, 6.45) is 1.39. The number of aliphatic carboxylic acids is 1. The highest BCUT2D eigenvalue weighted by Gasteiger charge is 2.29. The molecule has 1 aromatic heterocycles. The molecule has 0 aliphatic heterocycles. The largest absolute Gasteiger partial charge is 0.481 e. The van der Waals surface area contributed by atoms with Gasteiger partial charge in [0.05, 0.1) is 22.8 Å². The van der Waals surface area contributed by atoms with Crippen molar-refractivity contribution in [2.45, 2.75) is 19.3 Å². The Morgan fingerprint density at radius 2 is 1.88 bits per heavy atom. The van der Waals surface area contributed by atoms with Gasteiger partial charge in [-0.05, 0) is 43.7 Å². The lowest BCUT2D eigenvalue weighted by molar-refractivity contribution is -0.142. The van der Waals surface area contributed by atoms with E-state index in [1.54, 1.807) is 38.1 Å². The number of halogens is 1. The second-order valence-corrected chi connectivity index (χ2v) is 6.21. The molecule has 6 nitrogen and oxygen atoms in total. The molecule has 0 aliphatic rings. The number of carboxylic acids is 1. The van der Waals surface area contributed by atoms with Gasteiger partial charge in [0, 0.05) is 5.69 Å². The number of amides is 1. The molecular weight excluding hydrogens is 325 g/mol. The molecule has 0 aliphatic carbocycles. The minimum atomic E-state index is -1.04. The van der Waals surface area contributed by atoms with Crippen LogP contribution < -0.4 is 5.32 Å². The number of H-pyrrole nitrogens is 1. The molecule has 0 unspecified atom stereocenters. The third-order valence-electron chi connectivity index (χ3n) is 4.13. The maximum atomic E-state index is 13.7. The number of aromatic amines is 1.